The van der Waals surface area contributed by atoms with E-state index in [-0.39, 0.29) is 5.56 Å². The molecule has 0 spiro atoms. The first-order valence-corrected chi connectivity index (χ1v) is 10.1. The van der Waals surface area contributed by atoms with Crippen LogP contribution in [0.3, 0.4) is 0 Å². The van der Waals surface area contributed by atoms with Gasteiger partial charge >= 0.3 is 5.97 Å². The SMILES string of the molecule is CCn1c(Cc2ccn(C3CC3)n2)cc(=O)c(C(=O)O)c1-c1ccc(Cl)c(Cl)c1. The molecule has 2 heterocycles. The van der Waals surface area contributed by atoms with Crippen molar-refractivity contribution in [1.29, 1.82) is 0 Å². The monoisotopic (exact) mass is 431 g/mol. The molecule has 4 rings (SSSR count). The van der Waals surface area contributed by atoms with Gasteiger partial charge in [0, 0.05) is 36.5 Å². The van der Waals surface area contributed by atoms with Crippen LogP contribution in [0.5, 0.6) is 0 Å². The molecule has 6 nitrogen and oxygen atoms in total. The third-order valence-electron chi connectivity index (χ3n) is 5.07. The number of benzene rings is 1. The fourth-order valence-electron chi connectivity index (χ4n) is 3.55. The molecule has 0 unspecified atom stereocenters. The molecule has 1 aliphatic carbocycles. The van der Waals surface area contributed by atoms with Crippen LogP contribution in [0.15, 0.2) is 41.3 Å². The van der Waals surface area contributed by atoms with Gasteiger partial charge in [-0.3, -0.25) is 9.48 Å². The smallest absolute Gasteiger partial charge is 0.341 e. The van der Waals surface area contributed by atoms with Crippen LogP contribution in [-0.4, -0.2) is 25.4 Å². The highest BCUT2D eigenvalue weighted by Gasteiger charge is 2.25. The fourth-order valence-corrected chi connectivity index (χ4v) is 3.85. The number of carboxylic acid groups (broad SMARTS) is 1. The van der Waals surface area contributed by atoms with Gasteiger partial charge in [-0.2, -0.15) is 5.10 Å². The highest BCUT2D eigenvalue weighted by molar-refractivity contribution is 6.42. The number of halogens is 2. The normalized spacial score (nSPS) is 13.6. The average Bonchev–Trinajstić information content (AvgIpc) is 3.42. The predicted molar refractivity (Wildman–Crippen MR) is 112 cm³/mol. The molecule has 0 atom stereocenters. The second-order valence-corrected chi connectivity index (χ2v) is 7.91. The van der Waals surface area contributed by atoms with Crippen LogP contribution >= 0.6 is 23.2 Å². The molecule has 3 aromatic rings. The number of hydrogen-bond acceptors (Lipinski definition) is 3. The molecular formula is C21H19Cl2N3O3. The second-order valence-electron chi connectivity index (χ2n) is 7.10. The Morgan fingerprint density at radius 3 is 2.59 bits per heavy atom. The molecule has 1 saturated carbocycles. The van der Waals surface area contributed by atoms with E-state index in [2.05, 4.69) is 5.10 Å². The second kappa shape index (κ2) is 7.69. The Morgan fingerprint density at radius 2 is 1.97 bits per heavy atom. The summed E-state index contributed by atoms with van der Waals surface area (Å²) in [6, 6.07) is 8.66. The number of pyridine rings is 1. The third-order valence-corrected chi connectivity index (χ3v) is 5.81. The van der Waals surface area contributed by atoms with E-state index >= 15 is 0 Å². The van der Waals surface area contributed by atoms with Crippen molar-refractivity contribution in [2.75, 3.05) is 0 Å². The Morgan fingerprint density at radius 1 is 1.21 bits per heavy atom. The van der Waals surface area contributed by atoms with Gasteiger partial charge in [-0.05, 0) is 38.0 Å². The molecular weight excluding hydrogens is 413 g/mol. The molecule has 0 aliphatic heterocycles. The van der Waals surface area contributed by atoms with Gasteiger partial charge in [0.25, 0.3) is 0 Å². The van der Waals surface area contributed by atoms with Crippen LogP contribution in [0.1, 0.15) is 47.6 Å². The summed E-state index contributed by atoms with van der Waals surface area (Å²) < 4.78 is 3.79. The number of carboxylic acids is 1. The quantitative estimate of drug-likeness (QED) is 0.615. The molecule has 0 radical (unpaired) electrons. The molecule has 150 valence electrons. The minimum atomic E-state index is -1.28. The summed E-state index contributed by atoms with van der Waals surface area (Å²) >= 11 is 12.2. The molecule has 1 N–H and O–H groups in total. The third kappa shape index (κ3) is 3.82. The van der Waals surface area contributed by atoms with Gasteiger partial charge in [-0.1, -0.05) is 29.3 Å². The molecule has 1 fully saturated rings. The van der Waals surface area contributed by atoms with Crippen molar-refractivity contribution in [3.63, 3.8) is 0 Å². The lowest BCUT2D eigenvalue weighted by atomic mass is 10.0. The fraction of sp³-hybridized carbons (Fsp3) is 0.286. The van der Waals surface area contributed by atoms with Gasteiger partial charge in [0.15, 0.2) is 5.43 Å². The van der Waals surface area contributed by atoms with Crippen LogP contribution in [0.2, 0.25) is 10.0 Å². The summed E-state index contributed by atoms with van der Waals surface area (Å²) in [7, 11) is 0. The van der Waals surface area contributed by atoms with E-state index in [9.17, 15) is 14.7 Å². The average molecular weight is 432 g/mol. The maximum Gasteiger partial charge on any atom is 0.341 e. The lowest BCUT2D eigenvalue weighted by Crippen LogP contribution is -2.23. The minimum absolute atomic E-state index is 0.280. The number of rotatable bonds is 6. The minimum Gasteiger partial charge on any atom is -0.477 e. The number of aromatic carboxylic acids is 1. The number of carbonyl (C=O) groups is 1. The first-order chi connectivity index (χ1) is 13.9. The number of aromatic nitrogens is 3. The van der Waals surface area contributed by atoms with E-state index in [0.717, 1.165) is 18.5 Å². The Balaban J connectivity index is 1.87. The highest BCUT2D eigenvalue weighted by atomic mass is 35.5. The van der Waals surface area contributed by atoms with Crippen molar-refractivity contribution in [2.45, 2.75) is 38.8 Å². The predicted octanol–water partition coefficient (Wildman–Crippen LogP) is 4.66. The molecule has 0 amide bonds. The van der Waals surface area contributed by atoms with Gasteiger partial charge in [0.2, 0.25) is 0 Å². The van der Waals surface area contributed by atoms with E-state index in [0.29, 0.717) is 46.0 Å². The Hall–Kier alpha value is -2.57. The molecule has 1 aliphatic rings. The van der Waals surface area contributed by atoms with Crippen LogP contribution in [0, 0.1) is 0 Å². The molecule has 0 bridgehead atoms. The van der Waals surface area contributed by atoms with Crippen LogP contribution in [-0.2, 0) is 13.0 Å². The molecule has 29 heavy (non-hydrogen) atoms. The molecule has 2 aromatic heterocycles. The first-order valence-electron chi connectivity index (χ1n) is 9.38. The largest absolute Gasteiger partial charge is 0.477 e. The Bertz CT molecular complexity index is 1160. The van der Waals surface area contributed by atoms with Crippen molar-refractivity contribution in [2.24, 2.45) is 0 Å². The standard InChI is InChI=1S/C21H19Cl2N3O3/c1-2-25-15(10-13-7-8-26(24-13)14-4-5-14)11-18(27)19(21(28)29)20(25)12-3-6-16(22)17(23)9-12/h3,6-9,11,14H,2,4-5,10H2,1H3,(H,28,29). The lowest BCUT2D eigenvalue weighted by Gasteiger charge is -2.19. The zero-order chi connectivity index (χ0) is 20.7. The maximum atomic E-state index is 12.7. The number of nitrogens with zero attached hydrogens (tertiary/aromatic N) is 3. The zero-order valence-electron chi connectivity index (χ0n) is 15.7. The van der Waals surface area contributed by atoms with Crippen molar-refractivity contribution >= 4 is 29.2 Å². The summed E-state index contributed by atoms with van der Waals surface area (Å²) in [4.78, 5) is 24.6. The summed E-state index contributed by atoms with van der Waals surface area (Å²) in [6.45, 7) is 2.39. The summed E-state index contributed by atoms with van der Waals surface area (Å²) in [6.07, 6.45) is 4.65. The lowest BCUT2D eigenvalue weighted by molar-refractivity contribution is 0.0695. The van der Waals surface area contributed by atoms with E-state index in [1.165, 1.54) is 6.07 Å². The molecule has 8 heteroatoms. The molecule has 0 saturated heterocycles. The zero-order valence-corrected chi connectivity index (χ0v) is 17.2. The highest BCUT2D eigenvalue weighted by Crippen LogP contribution is 2.34. The Kier molecular flexibility index (Phi) is 5.23. The van der Waals surface area contributed by atoms with Crippen LogP contribution < -0.4 is 5.43 Å². The van der Waals surface area contributed by atoms with E-state index < -0.39 is 11.4 Å². The van der Waals surface area contributed by atoms with E-state index in [1.807, 2.05) is 28.4 Å². The van der Waals surface area contributed by atoms with Crippen molar-refractivity contribution in [3.8, 4) is 11.3 Å². The summed E-state index contributed by atoms with van der Waals surface area (Å²) in [5.74, 6) is -1.28. The maximum absolute atomic E-state index is 12.7. The van der Waals surface area contributed by atoms with Crippen molar-refractivity contribution in [1.82, 2.24) is 14.3 Å². The van der Waals surface area contributed by atoms with Crippen LogP contribution in [0.4, 0.5) is 0 Å². The van der Waals surface area contributed by atoms with Gasteiger partial charge in [0.1, 0.15) is 5.56 Å². The summed E-state index contributed by atoms with van der Waals surface area (Å²) in [5.41, 5.74) is 1.56. The molecule has 1 aromatic carbocycles. The van der Waals surface area contributed by atoms with Gasteiger partial charge in [-0.25, -0.2) is 4.79 Å². The Labute approximate surface area is 177 Å². The topological polar surface area (TPSA) is 77.1 Å². The number of hydrogen-bond donors (Lipinski definition) is 1. The first kappa shape index (κ1) is 19.7. The van der Waals surface area contributed by atoms with Crippen molar-refractivity contribution in [3.05, 3.63) is 73.7 Å². The van der Waals surface area contributed by atoms with Crippen LogP contribution in [0.25, 0.3) is 11.3 Å². The van der Waals surface area contributed by atoms with Gasteiger partial charge < -0.3 is 9.67 Å². The van der Waals surface area contributed by atoms with Gasteiger partial charge in [-0.15, -0.1) is 0 Å². The van der Waals surface area contributed by atoms with Crippen molar-refractivity contribution < 1.29 is 9.90 Å². The van der Waals surface area contributed by atoms with Gasteiger partial charge in [0.05, 0.1) is 27.5 Å². The van der Waals surface area contributed by atoms with E-state index in [1.54, 1.807) is 18.2 Å². The summed E-state index contributed by atoms with van der Waals surface area (Å²) in [5, 5.41) is 15.0. The van der Waals surface area contributed by atoms with E-state index in [4.69, 9.17) is 23.2 Å².